The molecular weight excluding hydrogens is 376 g/mol. The molecule has 1 aliphatic heterocycles. The molecule has 0 bridgehead atoms. The average Bonchev–Trinajstić information content (AvgIpc) is 3.43. The fraction of sp³-hybridized carbons (Fsp3) is 0.381. The smallest absolute Gasteiger partial charge is 0.306 e. The Morgan fingerprint density at radius 1 is 1.04 bits per heavy atom. The molecule has 0 atom stereocenters. The number of likely N-dealkylation sites (tertiary alicyclic amines) is 1. The number of ether oxygens (including phenoxy) is 1. The monoisotopic (exact) mass is 400 g/mol. The molecule has 28 heavy (non-hydrogen) atoms. The van der Waals surface area contributed by atoms with Crippen molar-refractivity contribution in [2.75, 3.05) is 19.6 Å². The Labute approximate surface area is 168 Å². The zero-order valence-electron chi connectivity index (χ0n) is 15.7. The Morgan fingerprint density at radius 2 is 1.79 bits per heavy atom. The number of carbonyl (C=O) groups is 3. The normalized spacial score (nSPS) is 13.4. The Morgan fingerprint density at radius 3 is 2.46 bits per heavy atom. The fourth-order valence-electron chi connectivity index (χ4n) is 3.01. The Balaban J connectivity index is 1.34. The molecule has 0 radical (unpaired) electrons. The second-order valence-corrected chi connectivity index (χ2v) is 7.51. The van der Waals surface area contributed by atoms with Crippen LogP contribution in [0.4, 0.5) is 0 Å². The van der Waals surface area contributed by atoms with Gasteiger partial charge in [0.15, 0.2) is 0 Å². The lowest BCUT2D eigenvalue weighted by atomic mass is 10.1. The van der Waals surface area contributed by atoms with Crippen LogP contribution in [0.15, 0.2) is 41.1 Å². The third-order valence-electron chi connectivity index (χ3n) is 4.62. The minimum absolute atomic E-state index is 0.0607. The highest BCUT2D eigenvalue weighted by atomic mass is 32.1. The van der Waals surface area contributed by atoms with Crippen LogP contribution >= 0.6 is 11.3 Å². The molecular formula is C21H24N2O4S. The van der Waals surface area contributed by atoms with Gasteiger partial charge in [-0.05, 0) is 48.4 Å². The van der Waals surface area contributed by atoms with Crippen molar-refractivity contribution in [3.8, 4) is 0 Å². The highest BCUT2D eigenvalue weighted by molar-refractivity contribution is 7.08. The summed E-state index contributed by atoms with van der Waals surface area (Å²) in [6, 6.07) is 8.96. The Bertz CT molecular complexity index is 796. The molecule has 6 nitrogen and oxygen atoms in total. The van der Waals surface area contributed by atoms with E-state index < -0.39 is 0 Å². The summed E-state index contributed by atoms with van der Waals surface area (Å²) in [7, 11) is 0. The first-order valence-electron chi connectivity index (χ1n) is 9.48. The Hall–Kier alpha value is -2.67. The lowest BCUT2D eigenvalue weighted by Gasteiger charge is -2.15. The van der Waals surface area contributed by atoms with Gasteiger partial charge in [-0.25, -0.2) is 0 Å². The maximum Gasteiger partial charge on any atom is 0.306 e. The number of rotatable bonds is 8. The molecule has 2 amide bonds. The van der Waals surface area contributed by atoms with Crippen molar-refractivity contribution in [2.45, 2.75) is 32.3 Å². The van der Waals surface area contributed by atoms with E-state index in [9.17, 15) is 14.4 Å². The van der Waals surface area contributed by atoms with Crippen LogP contribution in [-0.4, -0.2) is 42.3 Å². The number of hydrogen-bond acceptors (Lipinski definition) is 5. The molecule has 7 heteroatoms. The second-order valence-electron chi connectivity index (χ2n) is 6.73. The number of nitrogens with one attached hydrogen (secondary N) is 1. The third-order valence-corrected chi connectivity index (χ3v) is 5.30. The van der Waals surface area contributed by atoms with Crippen LogP contribution in [0.3, 0.4) is 0 Å². The van der Waals surface area contributed by atoms with Crippen molar-refractivity contribution >= 4 is 29.1 Å². The van der Waals surface area contributed by atoms with Gasteiger partial charge < -0.3 is 15.0 Å². The number of thiophene rings is 1. The van der Waals surface area contributed by atoms with Gasteiger partial charge in [-0.15, -0.1) is 0 Å². The van der Waals surface area contributed by atoms with Crippen LogP contribution in [0, 0.1) is 0 Å². The Kier molecular flexibility index (Phi) is 7.19. The van der Waals surface area contributed by atoms with E-state index in [-0.39, 0.29) is 30.8 Å². The van der Waals surface area contributed by atoms with Crippen LogP contribution in [0.1, 0.15) is 52.0 Å². The maximum atomic E-state index is 12.3. The van der Waals surface area contributed by atoms with Crippen LogP contribution in [0.5, 0.6) is 0 Å². The summed E-state index contributed by atoms with van der Waals surface area (Å²) in [5, 5.41) is 6.41. The first-order valence-corrected chi connectivity index (χ1v) is 10.4. The van der Waals surface area contributed by atoms with Gasteiger partial charge >= 0.3 is 5.97 Å². The number of hydrogen-bond donors (Lipinski definition) is 1. The molecule has 1 aromatic carbocycles. The summed E-state index contributed by atoms with van der Waals surface area (Å²) in [6.45, 7) is 2.26. The van der Waals surface area contributed by atoms with E-state index in [0.29, 0.717) is 24.1 Å². The molecule has 148 valence electrons. The van der Waals surface area contributed by atoms with E-state index >= 15 is 0 Å². The number of esters is 1. The SMILES string of the molecule is O=C(CCCNC(=O)c1ccsc1)OCc1ccc(C(=O)N2CCCC2)cc1. The fourth-order valence-corrected chi connectivity index (χ4v) is 3.65. The van der Waals surface area contributed by atoms with E-state index in [4.69, 9.17) is 4.74 Å². The quantitative estimate of drug-likeness (QED) is 0.545. The lowest BCUT2D eigenvalue weighted by molar-refractivity contribution is -0.145. The molecule has 0 spiro atoms. The van der Waals surface area contributed by atoms with Crippen molar-refractivity contribution in [2.24, 2.45) is 0 Å². The van der Waals surface area contributed by atoms with Crippen molar-refractivity contribution < 1.29 is 19.1 Å². The first kappa shape index (κ1) is 20.1. The molecule has 3 rings (SSSR count). The van der Waals surface area contributed by atoms with Gasteiger partial charge in [0, 0.05) is 42.6 Å². The predicted molar refractivity (Wildman–Crippen MR) is 107 cm³/mol. The van der Waals surface area contributed by atoms with Gasteiger partial charge in [-0.1, -0.05) is 12.1 Å². The minimum Gasteiger partial charge on any atom is -0.461 e. The summed E-state index contributed by atoms with van der Waals surface area (Å²) in [4.78, 5) is 37.8. The number of nitrogens with zero attached hydrogens (tertiary/aromatic N) is 1. The van der Waals surface area contributed by atoms with E-state index in [1.165, 1.54) is 11.3 Å². The molecule has 0 aliphatic carbocycles. The van der Waals surface area contributed by atoms with Gasteiger partial charge in [0.2, 0.25) is 0 Å². The average molecular weight is 401 g/mol. The summed E-state index contributed by atoms with van der Waals surface area (Å²) in [6.07, 6.45) is 2.91. The van der Waals surface area contributed by atoms with Crippen molar-refractivity contribution in [1.82, 2.24) is 10.2 Å². The lowest BCUT2D eigenvalue weighted by Crippen LogP contribution is -2.27. The van der Waals surface area contributed by atoms with Gasteiger partial charge in [0.05, 0.1) is 0 Å². The van der Waals surface area contributed by atoms with E-state index in [0.717, 1.165) is 31.5 Å². The maximum absolute atomic E-state index is 12.3. The van der Waals surface area contributed by atoms with Gasteiger partial charge in [0.1, 0.15) is 6.61 Å². The zero-order valence-corrected chi connectivity index (χ0v) is 16.5. The zero-order chi connectivity index (χ0) is 19.8. The molecule has 1 aromatic heterocycles. The van der Waals surface area contributed by atoms with Crippen molar-refractivity contribution in [3.63, 3.8) is 0 Å². The molecule has 1 fully saturated rings. The first-order chi connectivity index (χ1) is 13.6. The number of carbonyl (C=O) groups excluding carboxylic acids is 3. The summed E-state index contributed by atoms with van der Waals surface area (Å²) in [5.41, 5.74) is 2.15. The van der Waals surface area contributed by atoms with Crippen LogP contribution in [0.2, 0.25) is 0 Å². The molecule has 1 N–H and O–H groups in total. The van der Waals surface area contributed by atoms with E-state index in [1.807, 2.05) is 22.4 Å². The number of amides is 2. The molecule has 1 aliphatic rings. The molecule has 2 aromatic rings. The second kappa shape index (κ2) is 10.0. The molecule has 0 saturated carbocycles. The topological polar surface area (TPSA) is 75.7 Å². The highest BCUT2D eigenvalue weighted by Gasteiger charge is 2.19. The molecule has 2 heterocycles. The minimum atomic E-state index is -0.304. The molecule has 1 saturated heterocycles. The third kappa shape index (κ3) is 5.66. The van der Waals surface area contributed by atoms with Crippen molar-refractivity contribution in [1.29, 1.82) is 0 Å². The summed E-state index contributed by atoms with van der Waals surface area (Å²) < 4.78 is 5.26. The standard InChI is InChI=1S/C21H24N2O4S/c24-19(4-3-10-22-20(25)18-9-13-28-15-18)27-14-16-5-7-17(8-6-16)21(26)23-11-1-2-12-23/h5-9,13,15H,1-4,10-12,14H2,(H,22,25). The highest BCUT2D eigenvalue weighted by Crippen LogP contribution is 2.14. The van der Waals surface area contributed by atoms with Gasteiger partial charge in [-0.3, -0.25) is 14.4 Å². The van der Waals surface area contributed by atoms with Crippen LogP contribution in [-0.2, 0) is 16.1 Å². The largest absolute Gasteiger partial charge is 0.461 e. The van der Waals surface area contributed by atoms with E-state index in [1.54, 1.807) is 23.6 Å². The van der Waals surface area contributed by atoms with Crippen LogP contribution in [0.25, 0.3) is 0 Å². The van der Waals surface area contributed by atoms with Crippen LogP contribution < -0.4 is 5.32 Å². The van der Waals surface area contributed by atoms with E-state index in [2.05, 4.69) is 5.32 Å². The number of benzene rings is 1. The van der Waals surface area contributed by atoms with Gasteiger partial charge in [0.25, 0.3) is 11.8 Å². The summed E-state index contributed by atoms with van der Waals surface area (Å²) >= 11 is 1.47. The predicted octanol–water partition coefficient (Wildman–Crippen LogP) is 3.24. The summed E-state index contributed by atoms with van der Waals surface area (Å²) in [5.74, 6) is -0.370. The molecule has 0 unspecified atom stereocenters. The van der Waals surface area contributed by atoms with Gasteiger partial charge in [-0.2, -0.15) is 11.3 Å². The van der Waals surface area contributed by atoms with Crippen molar-refractivity contribution in [3.05, 3.63) is 57.8 Å².